The van der Waals surface area contributed by atoms with E-state index in [0.29, 0.717) is 30.4 Å². The predicted molar refractivity (Wildman–Crippen MR) is 109 cm³/mol. The van der Waals surface area contributed by atoms with Gasteiger partial charge in [-0.2, -0.15) is 0 Å². The van der Waals surface area contributed by atoms with Gasteiger partial charge in [-0.3, -0.25) is 9.59 Å². The summed E-state index contributed by atoms with van der Waals surface area (Å²) < 4.78 is 6.74. The predicted octanol–water partition coefficient (Wildman–Crippen LogP) is 1.56. The van der Waals surface area contributed by atoms with E-state index in [1.165, 1.54) is 4.90 Å². The van der Waals surface area contributed by atoms with Crippen molar-refractivity contribution in [2.75, 3.05) is 33.8 Å². The number of nitrogens with zero attached hydrogens (tertiary/aromatic N) is 6. The number of aromatic nitrogens is 4. The van der Waals surface area contributed by atoms with E-state index >= 15 is 0 Å². The van der Waals surface area contributed by atoms with Gasteiger partial charge in [0.15, 0.2) is 5.82 Å². The second kappa shape index (κ2) is 7.94. The largest absolute Gasteiger partial charge is 0.481 e. The van der Waals surface area contributed by atoms with E-state index < -0.39 is 0 Å². The average Bonchev–Trinajstić information content (AvgIpc) is 3.21. The average molecular weight is 406 g/mol. The SMILES string of the molecule is COc1ccc(-c2nc(C(=O)N3CCN(C)C(=O)C3)nn2-c2ccc(C)cc2)cn1. The van der Waals surface area contributed by atoms with Gasteiger partial charge < -0.3 is 14.5 Å². The smallest absolute Gasteiger partial charge is 0.294 e. The highest BCUT2D eigenvalue weighted by Gasteiger charge is 2.29. The van der Waals surface area contributed by atoms with Crippen LogP contribution in [-0.4, -0.2) is 75.2 Å². The monoisotopic (exact) mass is 406 g/mol. The topological polar surface area (TPSA) is 93.5 Å². The second-order valence-corrected chi connectivity index (χ2v) is 7.14. The Morgan fingerprint density at radius 2 is 1.87 bits per heavy atom. The minimum absolute atomic E-state index is 0.0217. The molecule has 1 saturated heterocycles. The lowest BCUT2D eigenvalue weighted by molar-refractivity contribution is -0.133. The Kier molecular flexibility index (Phi) is 5.18. The number of pyridine rings is 1. The molecule has 1 aliphatic heterocycles. The number of carbonyl (C=O) groups is 2. The molecule has 2 amide bonds. The lowest BCUT2D eigenvalue weighted by Gasteiger charge is -2.31. The number of methoxy groups -OCH3 is 1. The Balaban J connectivity index is 1.74. The van der Waals surface area contributed by atoms with Crippen molar-refractivity contribution in [1.82, 2.24) is 29.5 Å². The fraction of sp³-hybridized carbons (Fsp3) is 0.286. The molecule has 0 spiro atoms. The molecular formula is C21H22N6O3. The van der Waals surface area contributed by atoms with E-state index in [9.17, 15) is 9.59 Å². The molecule has 4 rings (SSSR count). The minimum Gasteiger partial charge on any atom is -0.481 e. The zero-order chi connectivity index (χ0) is 21.3. The number of amides is 2. The number of aryl methyl sites for hydroxylation is 1. The second-order valence-electron chi connectivity index (χ2n) is 7.14. The van der Waals surface area contributed by atoms with Gasteiger partial charge in [-0.15, -0.1) is 5.10 Å². The van der Waals surface area contributed by atoms with E-state index in [1.54, 1.807) is 36.0 Å². The highest BCUT2D eigenvalue weighted by atomic mass is 16.5. The van der Waals surface area contributed by atoms with Crippen LogP contribution in [0.5, 0.6) is 5.88 Å². The van der Waals surface area contributed by atoms with Crippen LogP contribution in [0.1, 0.15) is 16.2 Å². The quantitative estimate of drug-likeness (QED) is 0.653. The van der Waals surface area contributed by atoms with Crippen LogP contribution in [0.4, 0.5) is 0 Å². The molecule has 0 N–H and O–H groups in total. The molecule has 0 radical (unpaired) electrons. The maximum Gasteiger partial charge on any atom is 0.294 e. The molecule has 3 heterocycles. The molecule has 9 heteroatoms. The first-order valence-electron chi connectivity index (χ1n) is 9.54. The summed E-state index contributed by atoms with van der Waals surface area (Å²) in [5.74, 6) is 0.529. The molecule has 1 fully saturated rings. The zero-order valence-corrected chi connectivity index (χ0v) is 17.1. The molecular weight excluding hydrogens is 384 g/mol. The van der Waals surface area contributed by atoms with Crippen molar-refractivity contribution in [3.05, 3.63) is 54.0 Å². The highest BCUT2D eigenvalue weighted by molar-refractivity contribution is 5.94. The number of carbonyl (C=O) groups excluding carboxylic acids is 2. The molecule has 30 heavy (non-hydrogen) atoms. The summed E-state index contributed by atoms with van der Waals surface area (Å²) >= 11 is 0. The first-order valence-corrected chi connectivity index (χ1v) is 9.54. The van der Waals surface area contributed by atoms with E-state index in [4.69, 9.17) is 4.74 Å². The summed E-state index contributed by atoms with van der Waals surface area (Å²) in [7, 11) is 3.27. The first-order chi connectivity index (χ1) is 14.5. The molecule has 9 nitrogen and oxygen atoms in total. The molecule has 154 valence electrons. The van der Waals surface area contributed by atoms with Crippen LogP contribution in [0.2, 0.25) is 0 Å². The van der Waals surface area contributed by atoms with Gasteiger partial charge in [-0.1, -0.05) is 17.7 Å². The molecule has 2 aromatic heterocycles. The number of piperazine rings is 1. The Bertz CT molecular complexity index is 1080. The third-order valence-electron chi connectivity index (χ3n) is 5.03. The molecule has 0 atom stereocenters. The fourth-order valence-corrected chi connectivity index (χ4v) is 3.16. The third kappa shape index (κ3) is 3.73. The minimum atomic E-state index is -0.370. The Labute approximate surface area is 173 Å². The fourth-order valence-electron chi connectivity index (χ4n) is 3.16. The maximum atomic E-state index is 13.0. The lowest BCUT2D eigenvalue weighted by Crippen LogP contribution is -2.50. The number of likely N-dealkylation sites (N-methyl/N-ethyl adjacent to an activating group) is 1. The van der Waals surface area contributed by atoms with Crippen molar-refractivity contribution < 1.29 is 14.3 Å². The van der Waals surface area contributed by atoms with Crippen LogP contribution in [0.15, 0.2) is 42.6 Å². The number of rotatable bonds is 4. The third-order valence-corrected chi connectivity index (χ3v) is 5.03. The van der Waals surface area contributed by atoms with Gasteiger partial charge in [0, 0.05) is 38.0 Å². The van der Waals surface area contributed by atoms with E-state index in [0.717, 1.165) is 11.3 Å². The molecule has 0 saturated carbocycles. The van der Waals surface area contributed by atoms with Gasteiger partial charge in [-0.25, -0.2) is 14.6 Å². The van der Waals surface area contributed by atoms with E-state index in [1.807, 2.05) is 37.3 Å². The van der Waals surface area contributed by atoms with Crippen LogP contribution >= 0.6 is 0 Å². The van der Waals surface area contributed by atoms with Gasteiger partial charge in [0.25, 0.3) is 5.91 Å². The summed E-state index contributed by atoms with van der Waals surface area (Å²) in [5, 5.41) is 4.48. The first kappa shape index (κ1) is 19.6. The van der Waals surface area contributed by atoms with Crippen LogP contribution < -0.4 is 4.74 Å². The van der Waals surface area contributed by atoms with Crippen molar-refractivity contribution in [2.45, 2.75) is 6.92 Å². The van der Waals surface area contributed by atoms with Crippen molar-refractivity contribution in [1.29, 1.82) is 0 Å². The zero-order valence-electron chi connectivity index (χ0n) is 17.1. The van der Waals surface area contributed by atoms with Gasteiger partial charge >= 0.3 is 0 Å². The molecule has 0 bridgehead atoms. The summed E-state index contributed by atoms with van der Waals surface area (Å²) in [6.07, 6.45) is 1.63. The maximum absolute atomic E-state index is 13.0. The Morgan fingerprint density at radius 1 is 1.10 bits per heavy atom. The molecule has 1 aliphatic rings. The number of ether oxygens (including phenoxy) is 1. The van der Waals surface area contributed by atoms with Crippen molar-refractivity contribution in [2.24, 2.45) is 0 Å². The van der Waals surface area contributed by atoms with Crippen LogP contribution in [0, 0.1) is 6.92 Å². The lowest BCUT2D eigenvalue weighted by atomic mass is 10.2. The molecule has 0 unspecified atom stereocenters. The summed E-state index contributed by atoms with van der Waals surface area (Å²) in [6.45, 7) is 2.95. The summed E-state index contributed by atoms with van der Waals surface area (Å²) in [6, 6.07) is 11.3. The van der Waals surface area contributed by atoms with Crippen molar-refractivity contribution in [3.63, 3.8) is 0 Å². The molecule has 3 aromatic rings. The van der Waals surface area contributed by atoms with Gasteiger partial charge in [0.2, 0.25) is 17.6 Å². The van der Waals surface area contributed by atoms with E-state index in [2.05, 4.69) is 15.1 Å². The molecule has 1 aromatic carbocycles. The Hall–Kier alpha value is -3.75. The number of benzene rings is 1. The van der Waals surface area contributed by atoms with E-state index in [-0.39, 0.29) is 24.2 Å². The number of hydrogen-bond donors (Lipinski definition) is 0. The Morgan fingerprint density at radius 3 is 2.50 bits per heavy atom. The standard InChI is InChI=1S/C21H22N6O3/c1-14-4-7-16(8-5-14)27-20(15-6-9-17(30-3)22-12-15)23-19(24-27)21(29)26-11-10-25(2)18(28)13-26/h4-9,12H,10-11,13H2,1-3H3. The van der Waals surface area contributed by atoms with Crippen molar-refractivity contribution >= 4 is 11.8 Å². The van der Waals surface area contributed by atoms with Crippen LogP contribution in [0.3, 0.4) is 0 Å². The molecule has 0 aliphatic carbocycles. The van der Waals surface area contributed by atoms with Crippen LogP contribution in [0.25, 0.3) is 17.1 Å². The normalized spacial score (nSPS) is 14.2. The number of hydrogen-bond acceptors (Lipinski definition) is 6. The van der Waals surface area contributed by atoms with Gasteiger partial charge in [0.05, 0.1) is 12.8 Å². The summed E-state index contributed by atoms with van der Waals surface area (Å²) in [5.41, 5.74) is 2.57. The van der Waals surface area contributed by atoms with Crippen molar-refractivity contribution in [3.8, 4) is 23.0 Å². The highest BCUT2D eigenvalue weighted by Crippen LogP contribution is 2.23. The van der Waals surface area contributed by atoms with Gasteiger partial charge in [-0.05, 0) is 25.1 Å². The van der Waals surface area contributed by atoms with Gasteiger partial charge in [0.1, 0.15) is 6.54 Å². The summed E-state index contributed by atoms with van der Waals surface area (Å²) in [4.78, 5) is 36.9. The van der Waals surface area contributed by atoms with Crippen LogP contribution in [-0.2, 0) is 4.79 Å².